The molecule has 3 aromatic rings. The lowest BCUT2D eigenvalue weighted by Gasteiger charge is -2.30. The molecule has 0 atom stereocenters. The van der Waals surface area contributed by atoms with Crippen LogP contribution in [0.1, 0.15) is 61.3 Å². The van der Waals surface area contributed by atoms with Gasteiger partial charge < -0.3 is 14.2 Å². The Morgan fingerprint density at radius 3 is 2.45 bits per heavy atom. The fourth-order valence-electron chi connectivity index (χ4n) is 3.91. The van der Waals surface area contributed by atoms with Crippen LogP contribution in [0.4, 0.5) is 0 Å². The molecule has 6 heteroatoms. The molecule has 0 N–H and O–H groups in total. The number of ether oxygens (including phenoxy) is 1. The largest absolute Gasteiger partial charge is 0.497 e. The van der Waals surface area contributed by atoms with Gasteiger partial charge in [0.1, 0.15) is 5.75 Å². The van der Waals surface area contributed by atoms with Crippen LogP contribution in [-0.4, -0.2) is 41.1 Å². The van der Waals surface area contributed by atoms with Gasteiger partial charge in [-0.25, -0.2) is 0 Å². The van der Waals surface area contributed by atoms with E-state index in [0.717, 1.165) is 29.7 Å². The average molecular weight is 420 g/mol. The molecular formula is C25H29N3O3. The van der Waals surface area contributed by atoms with Gasteiger partial charge in [0, 0.05) is 30.1 Å². The van der Waals surface area contributed by atoms with Crippen LogP contribution >= 0.6 is 0 Å². The molecule has 1 saturated heterocycles. The first-order valence-electron chi connectivity index (χ1n) is 10.7. The molecule has 1 amide bonds. The summed E-state index contributed by atoms with van der Waals surface area (Å²) in [7, 11) is 1.63. The van der Waals surface area contributed by atoms with Crippen LogP contribution in [0.5, 0.6) is 5.75 Å². The number of likely N-dealkylation sites (tertiary alicyclic amines) is 1. The summed E-state index contributed by atoms with van der Waals surface area (Å²) < 4.78 is 10.8. The van der Waals surface area contributed by atoms with Gasteiger partial charge in [-0.05, 0) is 48.1 Å². The van der Waals surface area contributed by atoms with Gasteiger partial charge in [0.25, 0.3) is 5.91 Å². The van der Waals surface area contributed by atoms with Crippen LogP contribution in [0.3, 0.4) is 0 Å². The Balaban J connectivity index is 1.38. The predicted molar refractivity (Wildman–Crippen MR) is 119 cm³/mol. The minimum atomic E-state index is 0.0771. The molecule has 1 aromatic heterocycles. The average Bonchev–Trinajstić information content (AvgIpc) is 3.29. The van der Waals surface area contributed by atoms with Gasteiger partial charge in [-0.15, -0.1) is 0 Å². The van der Waals surface area contributed by atoms with E-state index in [-0.39, 0.29) is 17.2 Å². The van der Waals surface area contributed by atoms with E-state index in [1.807, 2.05) is 41.3 Å². The lowest BCUT2D eigenvalue weighted by Crippen LogP contribution is -2.38. The zero-order valence-electron chi connectivity index (χ0n) is 18.6. The highest BCUT2D eigenvalue weighted by Gasteiger charge is 2.28. The number of methoxy groups -OCH3 is 1. The Labute approximate surface area is 183 Å². The highest BCUT2D eigenvalue weighted by atomic mass is 16.5. The van der Waals surface area contributed by atoms with Crippen molar-refractivity contribution < 1.29 is 14.1 Å². The maximum atomic E-state index is 12.9. The summed E-state index contributed by atoms with van der Waals surface area (Å²) in [6.07, 6.45) is 1.62. The lowest BCUT2D eigenvalue weighted by atomic mass is 9.86. The Morgan fingerprint density at radius 1 is 1.10 bits per heavy atom. The van der Waals surface area contributed by atoms with E-state index < -0.39 is 0 Å². The Morgan fingerprint density at radius 2 is 1.81 bits per heavy atom. The van der Waals surface area contributed by atoms with Crippen LogP contribution in [0.15, 0.2) is 53.1 Å². The molecule has 2 aromatic carbocycles. The third-order valence-corrected chi connectivity index (χ3v) is 5.90. The van der Waals surface area contributed by atoms with Crippen LogP contribution < -0.4 is 4.74 Å². The molecule has 162 valence electrons. The van der Waals surface area contributed by atoms with E-state index in [2.05, 4.69) is 43.0 Å². The van der Waals surface area contributed by atoms with E-state index in [9.17, 15) is 4.79 Å². The van der Waals surface area contributed by atoms with E-state index >= 15 is 0 Å². The van der Waals surface area contributed by atoms with E-state index in [1.165, 1.54) is 5.56 Å². The fourth-order valence-corrected chi connectivity index (χ4v) is 3.91. The van der Waals surface area contributed by atoms with Crippen LogP contribution in [-0.2, 0) is 5.41 Å². The molecule has 0 saturated carbocycles. The Bertz CT molecular complexity index is 1040. The number of benzene rings is 2. The SMILES string of the molecule is COc1cccc(-c2noc(C3CCN(C(=O)c4ccc(C(C)(C)C)cc4)CC3)n2)c1. The van der Waals surface area contributed by atoms with Crippen LogP contribution in [0.25, 0.3) is 11.4 Å². The molecule has 6 nitrogen and oxygen atoms in total. The molecule has 0 unspecified atom stereocenters. The van der Waals surface area contributed by atoms with Crippen LogP contribution in [0, 0.1) is 0 Å². The Hall–Kier alpha value is -3.15. The summed E-state index contributed by atoms with van der Waals surface area (Å²) in [4.78, 5) is 19.4. The summed E-state index contributed by atoms with van der Waals surface area (Å²) in [5.41, 5.74) is 2.91. The number of hydrogen-bond acceptors (Lipinski definition) is 5. The number of rotatable bonds is 4. The summed E-state index contributed by atoms with van der Waals surface area (Å²) in [5, 5.41) is 4.14. The van der Waals surface area contributed by atoms with E-state index in [1.54, 1.807) is 7.11 Å². The molecule has 0 aliphatic carbocycles. The quantitative estimate of drug-likeness (QED) is 0.591. The zero-order valence-corrected chi connectivity index (χ0v) is 18.6. The van der Waals surface area contributed by atoms with Gasteiger partial charge in [0.15, 0.2) is 0 Å². The second-order valence-electron chi connectivity index (χ2n) is 9.08. The topological polar surface area (TPSA) is 68.5 Å². The number of aromatic nitrogens is 2. The van der Waals surface area contributed by atoms with Crippen molar-refractivity contribution in [3.63, 3.8) is 0 Å². The minimum absolute atomic E-state index is 0.0771. The van der Waals surface area contributed by atoms with Crippen molar-refractivity contribution in [2.75, 3.05) is 20.2 Å². The summed E-state index contributed by atoms with van der Waals surface area (Å²) in [6, 6.07) is 15.6. The molecule has 4 rings (SSSR count). The molecule has 31 heavy (non-hydrogen) atoms. The van der Waals surface area contributed by atoms with Crippen LogP contribution in [0.2, 0.25) is 0 Å². The number of carbonyl (C=O) groups is 1. The minimum Gasteiger partial charge on any atom is -0.497 e. The van der Waals surface area contributed by atoms with Crippen molar-refractivity contribution in [3.05, 3.63) is 65.5 Å². The first-order valence-corrected chi connectivity index (χ1v) is 10.7. The number of carbonyl (C=O) groups excluding carboxylic acids is 1. The van der Waals surface area contributed by atoms with Gasteiger partial charge >= 0.3 is 0 Å². The monoisotopic (exact) mass is 419 g/mol. The molecular weight excluding hydrogens is 390 g/mol. The molecule has 1 aliphatic heterocycles. The van der Waals surface area contributed by atoms with Crippen molar-refractivity contribution >= 4 is 5.91 Å². The third-order valence-electron chi connectivity index (χ3n) is 5.90. The number of amides is 1. The van der Waals surface area contributed by atoms with E-state index in [0.29, 0.717) is 24.8 Å². The molecule has 1 fully saturated rings. The van der Waals surface area contributed by atoms with Gasteiger partial charge in [-0.3, -0.25) is 4.79 Å². The molecule has 1 aliphatic rings. The summed E-state index contributed by atoms with van der Waals surface area (Å²) >= 11 is 0. The number of hydrogen-bond donors (Lipinski definition) is 0. The van der Waals surface area contributed by atoms with Crippen molar-refractivity contribution in [2.45, 2.75) is 44.9 Å². The lowest BCUT2D eigenvalue weighted by molar-refractivity contribution is 0.0704. The third kappa shape index (κ3) is 4.63. The smallest absolute Gasteiger partial charge is 0.253 e. The maximum Gasteiger partial charge on any atom is 0.253 e. The van der Waals surface area contributed by atoms with E-state index in [4.69, 9.17) is 9.26 Å². The summed E-state index contributed by atoms with van der Waals surface area (Å²) in [5.74, 6) is 2.21. The number of piperidine rings is 1. The standard InChI is InChI=1S/C25H29N3O3/c1-25(2,3)20-10-8-18(9-11-20)24(29)28-14-12-17(13-15-28)23-26-22(27-31-23)19-6-5-7-21(16-19)30-4/h5-11,16-17H,12-15H2,1-4H3. The van der Waals surface area contributed by atoms with Crippen molar-refractivity contribution in [1.29, 1.82) is 0 Å². The van der Waals surface area contributed by atoms with Crippen molar-refractivity contribution in [2.24, 2.45) is 0 Å². The zero-order chi connectivity index (χ0) is 22.0. The highest BCUT2D eigenvalue weighted by molar-refractivity contribution is 5.94. The fraction of sp³-hybridized carbons (Fsp3) is 0.400. The molecule has 0 radical (unpaired) electrons. The second-order valence-corrected chi connectivity index (χ2v) is 9.08. The normalized spacial score (nSPS) is 15.2. The van der Waals surface area contributed by atoms with Gasteiger partial charge in [0.2, 0.25) is 11.7 Å². The van der Waals surface area contributed by atoms with Gasteiger partial charge in [-0.2, -0.15) is 4.98 Å². The number of nitrogens with zero attached hydrogens (tertiary/aromatic N) is 3. The first-order chi connectivity index (χ1) is 14.8. The summed E-state index contributed by atoms with van der Waals surface area (Å²) in [6.45, 7) is 7.88. The van der Waals surface area contributed by atoms with Gasteiger partial charge in [-0.1, -0.05) is 50.2 Å². The highest BCUT2D eigenvalue weighted by Crippen LogP contribution is 2.30. The van der Waals surface area contributed by atoms with Gasteiger partial charge in [0.05, 0.1) is 7.11 Å². The first kappa shape index (κ1) is 21.1. The predicted octanol–water partition coefficient (Wildman–Crippen LogP) is 5.06. The molecule has 2 heterocycles. The molecule has 0 bridgehead atoms. The Kier molecular flexibility index (Phi) is 5.81. The maximum absolute atomic E-state index is 12.9. The van der Waals surface area contributed by atoms with Crippen molar-refractivity contribution in [3.8, 4) is 17.1 Å². The molecule has 0 spiro atoms. The van der Waals surface area contributed by atoms with Crippen molar-refractivity contribution in [1.82, 2.24) is 15.0 Å². The second kappa shape index (κ2) is 8.53.